The molecule has 0 radical (unpaired) electrons. The summed E-state index contributed by atoms with van der Waals surface area (Å²) in [5, 5.41) is 12.7. The molecule has 2 heterocycles. The van der Waals surface area contributed by atoms with Gasteiger partial charge in [0.15, 0.2) is 5.65 Å². The number of nitrogens with zero attached hydrogens (tertiary/aromatic N) is 3. The Morgan fingerprint density at radius 1 is 1.53 bits per heavy atom. The van der Waals surface area contributed by atoms with Crippen LogP contribution in [0.2, 0.25) is 0 Å². The number of hydrogen-bond donors (Lipinski definition) is 1. The molecule has 2 rings (SSSR count). The largest absolute Gasteiger partial charge is 0.478 e. The van der Waals surface area contributed by atoms with Gasteiger partial charge in [-0.05, 0) is 25.1 Å². The molecule has 0 fully saturated rings. The molecule has 0 aliphatic rings. The van der Waals surface area contributed by atoms with Crippen molar-refractivity contribution in [3.8, 4) is 0 Å². The maximum atomic E-state index is 10.4. The van der Waals surface area contributed by atoms with Gasteiger partial charge in [0.2, 0.25) is 0 Å². The van der Waals surface area contributed by atoms with E-state index in [2.05, 4.69) is 10.1 Å². The van der Waals surface area contributed by atoms with E-state index in [0.717, 1.165) is 6.08 Å². The average Bonchev–Trinajstić information content (AvgIpc) is 2.55. The summed E-state index contributed by atoms with van der Waals surface area (Å²) < 4.78 is 1.61. The zero-order chi connectivity index (χ0) is 10.8. The third-order valence-electron chi connectivity index (χ3n) is 1.89. The van der Waals surface area contributed by atoms with Gasteiger partial charge in [-0.15, -0.1) is 0 Å². The lowest BCUT2D eigenvalue weighted by atomic mass is 10.3. The number of aromatic nitrogens is 3. The number of carboxylic acids is 1. The Morgan fingerprint density at radius 3 is 3.07 bits per heavy atom. The first-order valence-corrected chi connectivity index (χ1v) is 4.40. The number of hydrogen-bond acceptors (Lipinski definition) is 3. The van der Waals surface area contributed by atoms with Crippen molar-refractivity contribution >= 4 is 17.7 Å². The summed E-state index contributed by atoms with van der Waals surface area (Å²) in [4.78, 5) is 14.6. The standard InChI is InChI=1S/C10H9N3O2/c1-7-11-9-4-2-3-8(13(9)12-7)5-6-10(14)15/h2-6H,1H3,(H,14,15)/b6-5+. The minimum atomic E-state index is -0.983. The van der Waals surface area contributed by atoms with Crippen molar-refractivity contribution in [3.63, 3.8) is 0 Å². The molecule has 0 aromatic carbocycles. The smallest absolute Gasteiger partial charge is 0.328 e. The molecule has 1 N–H and O–H groups in total. The van der Waals surface area contributed by atoms with Gasteiger partial charge in [0.1, 0.15) is 5.82 Å². The molecule has 2 aromatic heterocycles. The van der Waals surface area contributed by atoms with Crippen molar-refractivity contribution in [2.24, 2.45) is 0 Å². The second kappa shape index (κ2) is 3.53. The molecule has 0 saturated carbocycles. The zero-order valence-corrected chi connectivity index (χ0v) is 8.08. The van der Waals surface area contributed by atoms with Crippen LogP contribution in [0.4, 0.5) is 0 Å². The topological polar surface area (TPSA) is 67.5 Å². The van der Waals surface area contributed by atoms with Crippen LogP contribution in [0.15, 0.2) is 24.3 Å². The van der Waals surface area contributed by atoms with E-state index in [1.807, 2.05) is 12.1 Å². The van der Waals surface area contributed by atoms with Gasteiger partial charge in [0, 0.05) is 6.08 Å². The highest BCUT2D eigenvalue weighted by Crippen LogP contribution is 2.07. The molecule has 0 saturated heterocycles. The first-order chi connectivity index (χ1) is 7.16. The molecular weight excluding hydrogens is 194 g/mol. The quantitative estimate of drug-likeness (QED) is 0.743. The van der Waals surface area contributed by atoms with Gasteiger partial charge in [-0.2, -0.15) is 5.10 Å². The van der Waals surface area contributed by atoms with Gasteiger partial charge in [-0.25, -0.2) is 14.3 Å². The van der Waals surface area contributed by atoms with Crippen molar-refractivity contribution in [2.45, 2.75) is 6.92 Å². The summed E-state index contributed by atoms with van der Waals surface area (Å²) >= 11 is 0. The van der Waals surface area contributed by atoms with Crippen molar-refractivity contribution < 1.29 is 9.90 Å². The lowest BCUT2D eigenvalue weighted by molar-refractivity contribution is -0.131. The molecule has 5 nitrogen and oxygen atoms in total. The molecule has 5 heteroatoms. The molecule has 0 aliphatic heterocycles. The van der Waals surface area contributed by atoms with Gasteiger partial charge in [-0.1, -0.05) is 6.07 Å². The highest BCUT2D eigenvalue weighted by atomic mass is 16.4. The Bertz CT molecular complexity index is 543. The number of aliphatic carboxylic acids is 1. The fraction of sp³-hybridized carbons (Fsp3) is 0.100. The van der Waals surface area contributed by atoms with Gasteiger partial charge in [-0.3, -0.25) is 0 Å². The van der Waals surface area contributed by atoms with Crippen molar-refractivity contribution in [1.82, 2.24) is 14.6 Å². The van der Waals surface area contributed by atoms with E-state index in [9.17, 15) is 4.79 Å². The first-order valence-electron chi connectivity index (χ1n) is 4.40. The van der Waals surface area contributed by atoms with E-state index in [4.69, 9.17) is 5.11 Å². The fourth-order valence-corrected chi connectivity index (χ4v) is 1.32. The van der Waals surface area contributed by atoms with Crippen LogP contribution in [0.3, 0.4) is 0 Å². The molecule has 0 bridgehead atoms. The minimum Gasteiger partial charge on any atom is -0.478 e. The molecule has 0 aliphatic carbocycles. The van der Waals surface area contributed by atoms with Gasteiger partial charge >= 0.3 is 5.97 Å². The number of pyridine rings is 1. The molecule has 0 amide bonds. The summed E-state index contributed by atoms with van der Waals surface area (Å²) in [7, 11) is 0. The summed E-state index contributed by atoms with van der Waals surface area (Å²) in [6.45, 7) is 1.79. The normalized spacial score (nSPS) is 11.3. The minimum absolute atomic E-state index is 0.658. The van der Waals surface area contributed by atoms with Crippen molar-refractivity contribution in [3.05, 3.63) is 35.8 Å². The fourth-order valence-electron chi connectivity index (χ4n) is 1.32. The van der Waals surface area contributed by atoms with E-state index in [1.54, 1.807) is 17.5 Å². The summed E-state index contributed by atoms with van der Waals surface area (Å²) in [5.74, 6) is -0.324. The summed E-state index contributed by atoms with van der Waals surface area (Å²) in [6, 6.07) is 5.41. The summed E-state index contributed by atoms with van der Waals surface area (Å²) in [5.41, 5.74) is 1.40. The van der Waals surface area contributed by atoms with Crippen molar-refractivity contribution in [2.75, 3.05) is 0 Å². The SMILES string of the molecule is Cc1nc2cccc(/C=C/C(=O)O)n2n1. The zero-order valence-electron chi connectivity index (χ0n) is 8.08. The second-order valence-electron chi connectivity index (χ2n) is 3.05. The van der Waals surface area contributed by atoms with Crippen LogP contribution in [0.5, 0.6) is 0 Å². The van der Waals surface area contributed by atoms with Gasteiger partial charge in [0.05, 0.1) is 5.69 Å². The molecule has 15 heavy (non-hydrogen) atoms. The van der Waals surface area contributed by atoms with Crippen LogP contribution in [0.25, 0.3) is 11.7 Å². The lowest BCUT2D eigenvalue weighted by Crippen LogP contribution is -1.94. The maximum absolute atomic E-state index is 10.4. The maximum Gasteiger partial charge on any atom is 0.328 e. The van der Waals surface area contributed by atoms with Crippen LogP contribution in [0, 0.1) is 6.92 Å². The number of fused-ring (bicyclic) bond motifs is 1. The first kappa shape index (κ1) is 9.39. The number of aryl methyl sites for hydroxylation is 1. The second-order valence-corrected chi connectivity index (χ2v) is 3.05. The van der Waals surface area contributed by atoms with Gasteiger partial charge < -0.3 is 5.11 Å². The Hall–Kier alpha value is -2.17. The van der Waals surface area contributed by atoms with E-state index in [1.165, 1.54) is 6.08 Å². The molecular formula is C10H9N3O2. The lowest BCUT2D eigenvalue weighted by Gasteiger charge is -1.96. The third-order valence-corrected chi connectivity index (χ3v) is 1.89. The number of carboxylic acid groups (broad SMARTS) is 1. The van der Waals surface area contributed by atoms with Crippen LogP contribution >= 0.6 is 0 Å². The number of rotatable bonds is 2. The van der Waals surface area contributed by atoms with Crippen LogP contribution in [0.1, 0.15) is 11.5 Å². The Labute approximate surface area is 85.7 Å². The molecule has 0 spiro atoms. The predicted molar refractivity (Wildman–Crippen MR) is 54.4 cm³/mol. The highest BCUT2D eigenvalue weighted by molar-refractivity contribution is 5.85. The van der Waals surface area contributed by atoms with Crippen LogP contribution in [-0.4, -0.2) is 25.7 Å². The summed E-state index contributed by atoms with van der Waals surface area (Å²) in [6.07, 6.45) is 2.56. The third kappa shape index (κ3) is 1.85. The highest BCUT2D eigenvalue weighted by Gasteiger charge is 2.01. The Balaban J connectivity index is 2.55. The van der Waals surface area contributed by atoms with Crippen LogP contribution in [-0.2, 0) is 4.79 Å². The number of carbonyl (C=O) groups is 1. The van der Waals surface area contributed by atoms with E-state index in [-0.39, 0.29) is 0 Å². The average molecular weight is 203 g/mol. The van der Waals surface area contributed by atoms with E-state index in [0.29, 0.717) is 17.2 Å². The molecule has 0 atom stereocenters. The van der Waals surface area contributed by atoms with Crippen molar-refractivity contribution in [1.29, 1.82) is 0 Å². The van der Waals surface area contributed by atoms with Crippen LogP contribution < -0.4 is 0 Å². The van der Waals surface area contributed by atoms with E-state index >= 15 is 0 Å². The van der Waals surface area contributed by atoms with E-state index < -0.39 is 5.97 Å². The Kier molecular flexibility index (Phi) is 2.21. The van der Waals surface area contributed by atoms with Gasteiger partial charge in [0.25, 0.3) is 0 Å². The Morgan fingerprint density at radius 2 is 2.33 bits per heavy atom. The monoisotopic (exact) mass is 203 g/mol. The molecule has 2 aromatic rings. The molecule has 0 unspecified atom stereocenters. The molecule has 76 valence electrons. The predicted octanol–water partition coefficient (Wildman–Crippen LogP) is 1.14.